The summed E-state index contributed by atoms with van der Waals surface area (Å²) in [5.41, 5.74) is -6.66. The van der Waals surface area contributed by atoms with E-state index in [1.165, 1.54) is 20.8 Å². The molecule has 1 rings (SSSR count). The SMILES string of the molecule is CCOC(=O)C1=C(OS(=O)(=O)C(F)(F)F)CC(C)(C)O1. The van der Waals surface area contributed by atoms with Crippen LogP contribution in [0.5, 0.6) is 0 Å². The molecule has 1 aliphatic heterocycles. The first kappa shape index (κ1) is 16.6. The van der Waals surface area contributed by atoms with E-state index in [1.807, 2.05) is 0 Å². The first-order chi connectivity index (χ1) is 8.89. The van der Waals surface area contributed by atoms with Gasteiger partial charge in [-0.1, -0.05) is 0 Å². The molecule has 0 bridgehead atoms. The summed E-state index contributed by atoms with van der Waals surface area (Å²) in [5, 5.41) is 0. The van der Waals surface area contributed by atoms with E-state index in [2.05, 4.69) is 8.92 Å². The minimum Gasteiger partial charge on any atom is -0.478 e. The van der Waals surface area contributed by atoms with Crippen molar-refractivity contribution >= 4 is 16.1 Å². The molecule has 0 N–H and O–H groups in total. The molecule has 0 unspecified atom stereocenters. The Balaban J connectivity index is 3.11. The molecular formula is C10H13F3O6S. The molecule has 116 valence electrons. The number of esters is 1. The van der Waals surface area contributed by atoms with E-state index in [1.54, 1.807) is 0 Å². The van der Waals surface area contributed by atoms with Gasteiger partial charge in [0.05, 0.1) is 13.0 Å². The number of alkyl halides is 3. The third-order valence-corrected chi connectivity index (χ3v) is 3.16. The van der Waals surface area contributed by atoms with Gasteiger partial charge in [-0.05, 0) is 20.8 Å². The van der Waals surface area contributed by atoms with Crippen molar-refractivity contribution in [2.45, 2.75) is 38.3 Å². The third kappa shape index (κ3) is 3.56. The maximum Gasteiger partial charge on any atom is 0.534 e. The molecule has 1 heterocycles. The van der Waals surface area contributed by atoms with Gasteiger partial charge in [0, 0.05) is 0 Å². The lowest BCUT2D eigenvalue weighted by atomic mass is 10.1. The summed E-state index contributed by atoms with van der Waals surface area (Å²) < 4.78 is 72.3. The molecule has 1 aliphatic rings. The molecule has 10 heteroatoms. The number of ether oxygens (including phenoxy) is 2. The van der Waals surface area contributed by atoms with Gasteiger partial charge in [0.2, 0.25) is 5.76 Å². The Bertz CT molecular complexity index is 532. The van der Waals surface area contributed by atoms with Crippen molar-refractivity contribution in [3.8, 4) is 0 Å². The summed E-state index contributed by atoms with van der Waals surface area (Å²) in [5.74, 6) is -2.46. The second-order valence-corrected chi connectivity index (χ2v) is 6.03. The highest BCUT2D eigenvalue weighted by Crippen LogP contribution is 2.38. The Kier molecular flexibility index (Phi) is 4.28. The third-order valence-electron chi connectivity index (χ3n) is 2.17. The zero-order chi connectivity index (χ0) is 15.8. The Hall–Kier alpha value is -1.45. The van der Waals surface area contributed by atoms with Crippen molar-refractivity contribution in [1.82, 2.24) is 0 Å². The second-order valence-electron chi connectivity index (χ2n) is 4.49. The van der Waals surface area contributed by atoms with Crippen LogP contribution >= 0.6 is 0 Å². The Labute approximate surface area is 113 Å². The Morgan fingerprint density at radius 1 is 1.40 bits per heavy atom. The van der Waals surface area contributed by atoms with Gasteiger partial charge >= 0.3 is 21.6 Å². The number of rotatable bonds is 4. The molecule has 0 spiro atoms. The lowest BCUT2D eigenvalue weighted by Gasteiger charge is -2.17. The van der Waals surface area contributed by atoms with E-state index < -0.39 is 38.7 Å². The van der Waals surface area contributed by atoms with Crippen LogP contribution in [0.4, 0.5) is 13.2 Å². The van der Waals surface area contributed by atoms with Crippen LogP contribution in [0, 0.1) is 0 Å². The molecule has 0 aliphatic carbocycles. The van der Waals surface area contributed by atoms with Crippen LogP contribution < -0.4 is 0 Å². The lowest BCUT2D eigenvalue weighted by molar-refractivity contribution is -0.144. The number of hydrogen-bond donors (Lipinski definition) is 0. The minimum atomic E-state index is -5.86. The lowest BCUT2D eigenvalue weighted by Crippen LogP contribution is -2.26. The zero-order valence-electron chi connectivity index (χ0n) is 10.9. The topological polar surface area (TPSA) is 78.9 Å². The monoisotopic (exact) mass is 318 g/mol. The second kappa shape index (κ2) is 5.15. The zero-order valence-corrected chi connectivity index (χ0v) is 11.7. The molecule has 0 aromatic heterocycles. The van der Waals surface area contributed by atoms with Crippen molar-refractivity contribution in [2.24, 2.45) is 0 Å². The highest BCUT2D eigenvalue weighted by atomic mass is 32.2. The summed E-state index contributed by atoms with van der Waals surface area (Å²) in [6, 6.07) is 0. The highest BCUT2D eigenvalue weighted by molar-refractivity contribution is 7.87. The summed E-state index contributed by atoms with van der Waals surface area (Å²) in [4.78, 5) is 11.5. The smallest absolute Gasteiger partial charge is 0.478 e. The molecule has 0 aromatic carbocycles. The van der Waals surface area contributed by atoms with Crippen LogP contribution in [0.3, 0.4) is 0 Å². The molecule has 0 saturated carbocycles. The Morgan fingerprint density at radius 2 is 1.95 bits per heavy atom. The molecule has 0 atom stereocenters. The van der Waals surface area contributed by atoms with Crippen LogP contribution in [0.15, 0.2) is 11.5 Å². The van der Waals surface area contributed by atoms with Gasteiger partial charge in [-0.2, -0.15) is 21.6 Å². The van der Waals surface area contributed by atoms with Gasteiger partial charge in [-0.3, -0.25) is 0 Å². The number of carbonyl (C=O) groups excluding carboxylic acids is 1. The van der Waals surface area contributed by atoms with E-state index in [9.17, 15) is 26.4 Å². The average Bonchev–Trinajstić information content (AvgIpc) is 2.51. The molecule has 0 saturated heterocycles. The maximum absolute atomic E-state index is 12.3. The van der Waals surface area contributed by atoms with Crippen LogP contribution in [-0.2, 0) is 28.6 Å². The predicted molar refractivity (Wildman–Crippen MR) is 59.5 cm³/mol. The normalized spacial score (nSPS) is 18.7. The fourth-order valence-electron chi connectivity index (χ4n) is 1.44. The Morgan fingerprint density at radius 3 is 2.40 bits per heavy atom. The van der Waals surface area contributed by atoms with Crippen LogP contribution in [0.1, 0.15) is 27.2 Å². The van der Waals surface area contributed by atoms with E-state index in [-0.39, 0.29) is 13.0 Å². The molecule has 0 fully saturated rings. The number of hydrogen-bond acceptors (Lipinski definition) is 6. The maximum atomic E-state index is 12.3. The van der Waals surface area contributed by atoms with Crippen molar-refractivity contribution in [3.05, 3.63) is 11.5 Å². The molecular weight excluding hydrogens is 305 g/mol. The summed E-state index contributed by atoms with van der Waals surface area (Å²) >= 11 is 0. The fraction of sp³-hybridized carbons (Fsp3) is 0.700. The molecule has 0 aromatic rings. The quantitative estimate of drug-likeness (QED) is 0.447. The molecule has 0 radical (unpaired) electrons. The molecule has 20 heavy (non-hydrogen) atoms. The van der Waals surface area contributed by atoms with Crippen molar-refractivity contribution < 1.29 is 40.0 Å². The highest BCUT2D eigenvalue weighted by Gasteiger charge is 2.51. The van der Waals surface area contributed by atoms with E-state index in [4.69, 9.17) is 4.74 Å². The van der Waals surface area contributed by atoms with E-state index in [0.717, 1.165) is 0 Å². The van der Waals surface area contributed by atoms with Gasteiger partial charge in [-0.25, -0.2) is 4.79 Å². The largest absolute Gasteiger partial charge is 0.534 e. The van der Waals surface area contributed by atoms with Gasteiger partial charge in [0.25, 0.3) is 0 Å². The summed E-state index contributed by atoms with van der Waals surface area (Å²) in [7, 11) is -5.86. The minimum absolute atomic E-state index is 0.0502. The summed E-state index contributed by atoms with van der Waals surface area (Å²) in [6.45, 7) is 4.35. The first-order valence-electron chi connectivity index (χ1n) is 5.49. The van der Waals surface area contributed by atoms with Crippen LogP contribution in [-0.4, -0.2) is 32.1 Å². The van der Waals surface area contributed by atoms with Crippen LogP contribution in [0.25, 0.3) is 0 Å². The molecule has 0 amide bonds. The number of carbonyl (C=O) groups is 1. The van der Waals surface area contributed by atoms with Crippen molar-refractivity contribution in [3.63, 3.8) is 0 Å². The standard InChI is InChI=1S/C10H13F3O6S/c1-4-17-8(14)7-6(5-9(2,3)18-7)19-20(15,16)10(11,12)13/h4-5H2,1-3H3. The first-order valence-corrected chi connectivity index (χ1v) is 6.90. The van der Waals surface area contributed by atoms with E-state index in [0.29, 0.717) is 0 Å². The van der Waals surface area contributed by atoms with Gasteiger partial charge < -0.3 is 13.7 Å². The van der Waals surface area contributed by atoms with Crippen molar-refractivity contribution in [2.75, 3.05) is 6.61 Å². The van der Waals surface area contributed by atoms with Gasteiger partial charge in [-0.15, -0.1) is 0 Å². The summed E-state index contributed by atoms with van der Waals surface area (Å²) in [6.07, 6.45) is -0.309. The van der Waals surface area contributed by atoms with Gasteiger partial charge in [0.1, 0.15) is 5.60 Å². The fourth-order valence-corrected chi connectivity index (χ4v) is 1.93. The molecule has 6 nitrogen and oxygen atoms in total. The predicted octanol–water partition coefficient (Wildman–Crippen LogP) is 1.83. The van der Waals surface area contributed by atoms with Crippen LogP contribution in [0.2, 0.25) is 0 Å². The number of halogens is 3. The average molecular weight is 318 g/mol. The van der Waals surface area contributed by atoms with Crippen molar-refractivity contribution in [1.29, 1.82) is 0 Å². The van der Waals surface area contributed by atoms with E-state index >= 15 is 0 Å². The van der Waals surface area contributed by atoms with Gasteiger partial charge in [0.15, 0.2) is 5.76 Å².